The van der Waals surface area contributed by atoms with E-state index in [0.29, 0.717) is 0 Å². The number of carbonyl (C=O) groups is 7. The molecule has 0 aromatic rings. The highest BCUT2D eigenvalue weighted by molar-refractivity contribution is 6.04. The molecule has 0 radical (unpaired) electrons. The van der Waals surface area contributed by atoms with Crippen LogP contribution in [0.15, 0.2) is 25.3 Å². The average molecular weight is 538 g/mol. The number of imide groups is 2. The Morgan fingerprint density at radius 1 is 0.711 bits per heavy atom. The Bertz CT molecular complexity index is 1050. The van der Waals surface area contributed by atoms with E-state index in [1.807, 2.05) is 0 Å². The lowest BCUT2D eigenvalue weighted by molar-refractivity contribution is -0.199. The minimum atomic E-state index is -1.77. The number of rotatable bonds is 6. The maximum atomic E-state index is 14.5. The summed E-state index contributed by atoms with van der Waals surface area (Å²) in [6, 6.07) is 0. The Balaban J connectivity index is 1.36. The maximum absolute atomic E-state index is 14.5. The van der Waals surface area contributed by atoms with Crippen molar-refractivity contribution in [2.24, 2.45) is 23.7 Å². The predicted octanol–water partition coefficient (Wildman–Crippen LogP) is -0.315. The van der Waals surface area contributed by atoms with Gasteiger partial charge in [0.15, 0.2) is 0 Å². The number of halogens is 2. The molecule has 0 aromatic carbocycles. The highest BCUT2D eigenvalue weighted by atomic mass is 19.1. The average Bonchev–Trinajstić information content (AvgIpc) is 3.60. The molecule has 4 fully saturated rings. The zero-order chi connectivity index (χ0) is 27.9. The molecule has 0 aliphatic carbocycles. The van der Waals surface area contributed by atoms with Gasteiger partial charge in [-0.25, -0.2) is 8.78 Å². The largest absolute Gasteiger partial charge is 0.560 e. The molecule has 15 heteroatoms. The van der Waals surface area contributed by atoms with Crippen molar-refractivity contribution in [1.82, 2.24) is 19.9 Å². The third kappa shape index (κ3) is 4.75. The zero-order valence-electron chi connectivity index (χ0n) is 20.0. The summed E-state index contributed by atoms with van der Waals surface area (Å²) in [4.78, 5) is 97.4. The molecule has 38 heavy (non-hydrogen) atoms. The predicted molar refractivity (Wildman–Crippen MR) is 118 cm³/mol. The lowest BCUT2D eigenvalue weighted by Gasteiger charge is -2.20. The van der Waals surface area contributed by atoms with Gasteiger partial charge in [0.1, 0.15) is 12.3 Å². The first-order valence-corrected chi connectivity index (χ1v) is 11.7. The van der Waals surface area contributed by atoms with Crippen molar-refractivity contribution in [2.75, 3.05) is 26.2 Å². The van der Waals surface area contributed by atoms with Gasteiger partial charge < -0.3 is 9.80 Å². The first kappa shape index (κ1) is 26.9. The number of nitrogens with zero attached hydrogens (tertiary/aromatic N) is 4. The quantitative estimate of drug-likeness (QED) is 0.328. The molecule has 4 saturated heterocycles. The molecule has 13 nitrogen and oxygen atoms in total. The molecule has 4 rings (SSSR count). The topological polar surface area (TPSA) is 151 Å². The molecule has 6 atom stereocenters. The number of carbonyl (C=O) groups excluding carboxylic acids is 7. The van der Waals surface area contributed by atoms with Crippen LogP contribution in [0.5, 0.6) is 0 Å². The van der Waals surface area contributed by atoms with E-state index in [2.05, 4.69) is 22.8 Å². The SMILES string of the molecule is C=CC(=O)N1C[C@@H]([C@H]2CC(=O)N(OC(=O)ON3C(=O)C[C@H]([C@@H]4CN(C(=O)C=C)C[C@@H]4F)C3=O)C2=O)[C@@H](F)C1. The molecule has 0 spiro atoms. The fourth-order valence-electron chi connectivity index (χ4n) is 5.25. The molecule has 0 N–H and O–H groups in total. The molecule has 204 valence electrons. The number of hydrogen-bond acceptors (Lipinski definition) is 9. The smallest absolute Gasteiger partial charge is 0.336 e. The van der Waals surface area contributed by atoms with Gasteiger partial charge >= 0.3 is 6.16 Å². The van der Waals surface area contributed by atoms with Gasteiger partial charge in [0, 0.05) is 37.8 Å². The van der Waals surface area contributed by atoms with Gasteiger partial charge in [0.25, 0.3) is 23.6 Å². The first-order valence-electron chi connectivity index (χ1n) is 11.7. The third-order valence-electron chi connectivity index (χ3n) is 7.20. The van der Waals surface area contributed by atoms with Crippen LogP contribution in [0.3, 0.4) is 0 Å². The molecule has 4 aliphatic heterocycles. The number of hydroxylamine groups is 4. The van der Waals surface area contributed by atoms with Crippen LogP contribution in [-0.4, -0.2) is 100 Å². The summed E-state index contributed by atoms with van der Waals surface area (Å²) >= 11 is 0. The van der Waals surface area contributed by atoms with E-state index in [-0.39, 0.29) is 36.3 Å². The van der Waals surface area contributed by atoms with Gasteiger partial charge in [-0.3, -0.25) is 38.4 Å². The van der Waals surface area contributed by atoms with Crippen LogP contribution in [0.25, 0.3) is 0 Å². The number of likely N-dealkylation sites (tertiary alicyclic amines) is 2. The van der Waals surface area contributed by atoms with E-state index in [1.165, 1.54) is 0 Å². The Kier molecular flexibility index (Phi) is 7.29. The fraction of sp³-hybridized carbons (Fsp3) is 0.522. The van der Waals surface area contributed by atoms with Crippen molar-refractivity contribution in [3.05, 3.63) is 25.3 Å². The summed E-state index contributed by atoms with van der Waals surface area (Å²) < 4.78 is 29.1. The summed E-state index contributed by atoms with van der Waals surface area (Å²) in [5, 5.41) is 0.126. The van der Waals surface area contributed by atoms with E-state index in [9.17, 15) is 42.3 Å². The van der Waals surface area contributed by atoms with Crippen molar-refractivity contribution in [3.63, 3.8) is 0 Å². The van der Waals surface area contributed by atoms with E-state index >= 15 is 0 Å². The number of amides is 6. The summed E-state index contributed by atoms with van der Waals surface area (Å²) in [5.74, 6) is -9.69. The van der Waals surface area contributed by atoms with Crippen LogP contribution in [0, 0.1) is 23.7 Å². The van der Waals surface area contributed by atoms with Gasteiger partial charge in [-0.05, 0) is 12.2 Å². The van der Waals surface area contributed by atoms with Gasteiger partial charge in [-0.1, -0.05) is 23.3 Å². The van der Waals surface area contributed by atoms with Crippen LogP contribution < -0.4 is 0 Å². The lowest BCUT2D eigenvalue weighted by Crippen LogP contribution is -2.40. The van der Waals surface area contributed by atoms with E-state index in [1.54, 1.807) is 0 Å². The van der Waals surface area contributed by atoms with Crippen LogP contribution in [0.1, 0.15) is 12.8 Å². The van der Waals surface area contributed by atoms with Crippen molar-refractivity contribution in [2.45, 2.75) is 25.2 Å². The summed E-state index contributed by atoms with van der Waals surface area (Å²) in [6.07, 6.45) is -4.02. The van der Waals surface area contributed by atoms with Crippen LogP contribution in [0.4, 0.5) is 13.6 Å². The molecular weight excluding hydrogens is 514 g/mol. The summed E-state index contributed by atoms with van der Waals surface area (Å²) in [6.45, 7) is 5.74. The van der Waals surface area contributed by atoms with Gasteiger partial charge in [-0.15, -0.1) is 0 Å². The second kappa shape index (κ2) is 10.3. The molecule has 6 amide bonds. The van der Waals surface area contributed by atoms with E-state index in [0.717, 1.165) is 22.0 Å². The van der Waals surface area contributed by atoms with Gasteiger partial charge in [-0.2, -0.15) is 4.79 Å². The minimum absolute atomic E-state index is 0.0630. The van der Waals surface area contributed by atoms with Gasteiger partial charge in [0.2, 0.25) is 11.8 Å². The summed E-state index contributed by atoms with van der Waals surface area (Å²) in [5.41, 5.74) is 0. The summed E-state index contributed by atoms with van der Waals surface area (Å²) in [7, 11) is 0. The minimum Gasteiger partial charge on any atom is -0.336 e. The second-order valence-electron chi connectivity index (χ2n) is 9.36. The first-order chi connectivity index (χ1) is 18.0. The molecule has 0 aromatic heterocycles. The highest BCUT2D eigenvalue weighted by Gasteiger charge is 2.53. The normalized spacial score (nSPS) is 31.3. The second-order valence-corrected chi connectivity index (χ2v) is 9.36. The maximum Gasteiger partial charge on any atom is 0.560 e. The lowest BCUT2D eigenvalue weighted by atomic mass is 9.89. The molecule has 0 bridgehead atoms. The molecule has 0 unspecified atom stereocenters. The Morgan fingerprint density at radius 3 is 1.42 bits per heavy atom. The van der Waals surface area contributed by atoms with E-state index in [4.69, 9.17) is 0 Å². The Hall–Kier alpha value is -4.17. The molecule has 4 heterocycles. The van der Waals surface area contributed by atoms with Crippen molar-refractivity contribution >= 4 is 41.6 Å². The Morgan fingerprint density at radius 2 is 1.08 bits per heavy atom. The molecular formula is C23H24F2N4O9. The van der Waals surface area contributed by atoms with E-state index < -0.39 is 90.5 Å². The number of alkyl halides is 2. The number of hydrogen-bond donors (Lipinski definition) is 0. The van der Waals surface area contributed by atoms with Crippen molar-refractivity contribution in [1.29, 1.82) is 0 Å². The molecule has 4 aliphatic rings. The standard InChI is InChI=1S/C23H24F2N4O9/c1-3-17(30)26-7-13(15(24)9-26)11-5-19(32)28(21(11)34)37-23(36)38-29-20(33)6-12(22(29)35)14-8-27(10-16(14)25)18(31)4-2/h3-4,11-16H,1-2,5-10H2/t11-,12-,13+,14+,15+,16+/m1/s1. The molecule has 0 saturated carbocycles. The van der Waals surface area contributed by atoms with Crippen LogP contribution in [-0.2, 0) is 38.4 Å². The fourth-order valence-corrected chi connectivity index (χ4v) is 5.25. The van der Waals surface area contributed by atoms with Crippen LogP contribution in [0.2, 0.25) is 0 Å². The Labute approximate surface area is 214 Å². The monoisotopic (exact) mass is 538 g/mol. The van der Waals surface area contributed by atoms with Crippen molar-refractivity contribution in [3.8, 4) is 0 Å². The van der Waals surface area contributed by atoms with Gasteiger partial charge in [0.05, 0.1) is 24.9 Å². The zero-order valence-corrected chi connectivity index (χ0v) is 20.0. The van der Waals surface area contributed by atoms with Crippen molar-refractivity contribution < 1.29 is 52.0 Å². The highest BCUT2D eigenvalue weighted by Crippen LogP contribution is 2.36. The van der Waals surface area contributed by atoms with Crippen LogP contribution >= 0.6 is 0 Å². The third-order valence-corrected chi connectivity index (χ3v) is 7.20.